The van der Waals surface area contributed by atoms with Crippen LogP contribution >= 0.6 is 0 Å². The summed E-state index contributed by atoms with van der Waals surface area (Å²) in [6.07, 6.45) is 2.28. The molecule has 2 heterocycles. The van der Waals surface area contributed by atoms with E-state index in [1.165, 1.54) is 30.6 Å². The maximum Gasteiger partial charge on any atom is 0.319 e. The van der Waals surface area contributed by atoms with Crippen molar-refractivity contribution < 1.29 is 13.9 Å². The predicted molar refractivity (Wildman–Crippen MR) is 92.4 cm³/mol. The molecule has 1 unspecified atom stereocenters. The van der Waals surface area contributed by atoms with Crippen LogP contribution in [-0.2, 0) is 0 Å². The zero-order chi connectivity index (χ0) is 17.6. The number of ether oxygens (including phenoxy) is 1. The molecule has 0 spiro atoms. The van der Waals surface area contributed by atoms with Gasteiger partial charge in [0, 0.05) is 30.9 Å². The van der Waals surface area contributed by atoms with Gasteiger partial charge in [-0.1, -0.05) is 0 Å². The van der Waals surface area contributed by atoms with Crippen molar-refractivity contribution in [1.29, 1.82) is 0 Å². The maximum absolute atomic E-state index is 12.9. The zero-order valence-corrected chi connectivity index (χ0v) is 13.9. The fraction of sp³-hybridized carbons (Fsp3) is 0.353. The predicted octanol–water partition coefficient (Wildman–Crippen LogP) is 2.41. The summed E-state index contributed by atoms with van der Waals surface area (Å²) in [7, 11) is 0. The van der Waals surface area contributed by atoms with E-state index in [-0.39, 0.29) is 17.9 Å². The third kappa shape index (κ3) is 4.56. The Balaban J connectivity index is 1.53. The monoisotopic (exact) mass is 345 g/mol. The molecular formula is C17H20FN5O2. The molecule has 2 N–H and O–H groups in total. The summed E-state index contributed by atoms with van der Waals surface area (Å²) < 4.78 is 18.3. The first kappa shape index (κ1) is 16.9. The van der Waals surface area contributed by atoms with Crippen LogP contribution < -0.4 is 20.3 Å². The van der Waals surface area contributed by atoms with Crippen molar-refractivity contribution >= 4 is 17.5 Å². The second kappa shape index (κ2) is 7.78. The summed E-state index contributed by atoms with van der Waals surface area (Å²) in [5, 5.41) is 5.62. The Morgan fingerprint density at radius 2 is 2.16 bits per heavy atom. The van der Waals surface area contributed by atoms with Crippen LogP contribution in [-0.4, -0.2) is 41.7 Å². The Kier molecular flexibility index (Phi) is 5.27. The average Bonchev–Trinajstić information content (AvgIpc) is 3.06. The van der Waals surface area contributed by atoms with E-state index in [0.717, 1.165) is 18.8 Å². The summed E-state index contributed by atoms with van der Waals surface area (Å²) in [6, 6.07) is 7.14. The van der Waals surface area contributed by atoms with Gasteiger partial charge in [-0.2, -0.15) is 0 Å². The number of aromatic nitrogens is 2. The molecule has 1 aliphatic rings. The molecule has 1 aromatic carbocycles. The number of carbonyl (C=O) groups excluding carboxylic acids is 1. The number of halogens is 1. The van der Waals surface area contributed by atoms with Gasteiger partial charge in [0.25, 0.3) is 0 Å². The smallest absolute Gasteiger partial charge is 0.319 e. The number of amides is 2. The van der Waals surface area contributed by atoms with Gasteiger partial charge >= 0.3 is 6.03 Å². The molecule has 0 radical (unpaired) electrons. The molecule has 2 aromatic rings. The van der Waals surface area contributed by atoms with Gasteiger partial charge in [0.15, 0.2) is 0 Å². The highest BCUT2D eigenvalue weighted by molar-refractivity contribution is 5.89. The standard InChI is InChI=1S/C17H20FN5O2/c1-2-25-16-9-15(19-11-20-16)23-8-7-14(10-23)22-17(24)21-13-5-3-12(18)4-6-13/h3-6,9,11,14H,2,7-8,10H2,1H3,(H2,21,22,24). The number of nitrogens with zero attached hydrogens (tertiary/aromatic N) is 3. The van der Waals surface area contributed by atoms with Crippen LogP contribution in [0.2, 0.25) is 0 Å². The van der Waals surface area contributed by atoms with Crippen LogP contribution in [0.5, 0.6) is 5.88 Å². The molecule has 0 aliphatic carbocycles. The van der Waals surface area contributed by atoms with Crippen molar-refractivity contribution in [3.8, 4) is 5.88 Å². The van der Waals surface area contributed by atoms with Crippen molar-refractivity contribution in [1.82, 2.24) is 15.3 Å². The van der Waals surface area contributed by atoms with Crippen LogP contribution in [0, 0.1) is 5.82 Å². The van der Waals surface area contributed by atoms with E-state index in [9.17, 15) is 9.18 Å². The number of nitrogens with one attached hydrogen (secondary N) is 2. The molecule has 1 aliphatic heterocycles. The molecule has 132 valence electrons. The molecule has 1 atom stereocenters. The second-order valence-electron chi connectivity index (χ2n) is 5.68. The third-order valence-corrected chi connectivity index (χ3v) is 3.87. The van der Waals surface area contributed by atoms with Crippen molar-refractivity contribution in [2.75, 3.05) is 29.9 Å². The number of benzene rings is 1. The Morgan fingerprint density at radius 3 is 2.92 bits per heavy atom. The van der Waals surface area contributed by atoms with E-state index in [0.29, 0.717) is 24.7 Å². The minimum Gasteiger partial charge on any atom is -0.478 e. The molecule has 3 rings (SSSR count). The number of rotatable bonds is 5. The highest BCUT2D eigenvalue weighted by Crippen LogP contribution is 2.21. The Bertz CT molecular complexity index is 725. The van der Waals surface area contributed by atoms with E-state index in [1.54, 1.807) is 6.07 Å². The maximum atomic E-state index is 12.9. The lowest BCUT2D eigenvalue weighted by atomic mass is 10.3. The summed E-state index contributed by atoms with van der Waals surface area (Å²) in [5.41, 5.74) is 0.547. The largest absolute Gasteiger partial charge is 0.478 e. The van der Waals surface area contributed by atoms with E-state index < -0.39 is 0 Å². The van der Waals surface area contributed by atoms with Crippen LogP contribution in [0.25, 0.3) is 0 Å². The number of urea groups is 1. The van der Waals surface area contributed by atoms with Crippen LogP contribution in [0.15, 0.2) is 36.7 Å². The van der Waals surface area contributed by atoms with Gasteiger partial charge in [0.05, 0.1) is 6.61 Å². The average molecular weight is 345 g/mol. The van der Waals surface area contributed by atoms with Gasteiger partial charge in [0.2, 0.25) is 5.88 Å². The summed E-state index contributed by atoms with van der Waals surface area (Å²) in [5.74, 6) is 0.980. The lowest BCUT2D eigenvalue weighted by Gasteiger charge is -2.18. The van der Waals surface area contributed by atoms with Crippen molar-refractivity contribution in [3.63, 3.8) is 0 Å². The Hall–Kier alpha value is -2.90. The molecule has 2 amide bonds. The fourth-order valence-corrected chi connectivity index (χ4v) is 2.70. The Labute approximate surface area is 145 Å². The summed E-state index contributed by atoms with van der Waals surface area (Å²) >= 11 is 0. The van der Waals surface area contributed by atoms with E-state index >= 15 is 0 Å². The summed E-state index contributed by atoms with van der Waals surface area (Å²) in [4.78, 5) is 22.5. The van der Waals surface area contributed by atoms with E-state index in [4.69, 9.17) is 4.74 Å². The molecule has 25 heavy (non-hydrogen) atoms. The SMILES string of the molecule is CCOc1cc(N2CCC(NC(=O)Nc3ccc(F)cc3)C2)ncn1. The first-order valence-corrected chi connectivity index (χ1v) is 8.17. The molecule has 7 nitrogen and oxygen atoms in total. The van der Waals surface area contributed by atoms with Crippen molar-refractivity contribution in [2.45, 2.75) is 19.4 Å². The van der Waals surface area contributed by atoms with Crippen LogP contribution in [0.1, 0.15) is 13.3 Å². The van der Waals surface area contributed by atoms with Gasteiger partial charge in [0.1, 0.15) is 18.0 Å². The normalized spacial score (nSPS) is 16.6. The van der Waals surface area contributed by atoms with Gasteiger partial charge in [-0.15, -0.1) is 0 Å². The number of anilines is 2. The lowest BCUT2D eigenvalue weighted by molar-refractivity contribution is 0.249. The quantitative estimate of drug-likeness (QED) is 0.870. The molecule has 0 bridgehead atoms. The molecule has 1 aromatic heterocycles. The van der Waals surface area contributed by atoms with Gasteiger partial charge in [-0.25, -0.2) is 19.2 Å². The number of hydrogen-bond donors (Lipinski definition) is 2. The highest BCUT2D eigenvalue weighted by atomic mass is 19.1. The van der Waals surface area contributed by atoms with Crippen LogP contribution in [0.4, 0.5) is 20.7 Å². The second-order valence-corrected chi connectivity index (χ2v) is 5.68. The van der Waals surface area contributed by atoms with Gasteiger partial charge in [-0.05, 0) is 37.6 Å². The zero-order valence-electron chi connectivity index (χ0n) is 13.9. The summed E-state index contributed by atoms with van der Waals surface area (Å²) in [6.45, 7) is 3.88. The third-order valence-electron chi connectivity index (χ3n) is 3.87. The molecule has 0 saturated carbocycles. The number of hydrogen-bond acceptors (Lipinski definition) is 5. The first-order chi connectivity index (χ1) is 12.1. The van der Waals surface area contributed by atoms with Gasteiger partial charge < -0.3 is 20.3 Å². The van der Waals surface area contributed by atoms with Crippen LogP contribution in [0.3, 0.4) is 0 Å². The first-order valence-electron chi connectivity index (χ1n) is 8.17. The van der Waals surface area contributed by atoms with Crippen molar-refractivity contribution in [2.24, 2.45) is 0 Å². The van der Waals surface area contributed by atoms with Crippen molar-refractivity contribution in [3.05, 3.63) is 42.5 Å². The minimum absolute atomic E-state index is 0.00552. The number of carbonyl (C=O) groups is 1. The minimum atomic E-state index is -0.339. The molecule has 1 fully saturated rings. The topological polar surface area (TPSA) is 79.4 Å². The fourth-order valence-electron chi connectivity index (χ4n) is 2.70. The Morgan fingerprint density at radius 1 is 1.36 bits per heavy atom. The van der Waals surface area contributed by atoms with E-state index in [1.807, 2.05) is 6.92 Å². The molecule has 8 heteroatoms. The lowest BCUT2D eigenvalue weighted by Crippen LogP contribution is -2.39. The van der Waals surface area contributed by atoms with Gasteiger partial charge in [-0.3, -0.25) is 0 Å². The van der Waals surface area contributed by atoms with E-state index in [2.05, 4.69) is 25.5 Å². The molecular weight excluding hydrogens is 325 g/mol. The molecule has 1 saturated heterocycles. The highest BCUT2D eigenvalue weighted by Gasteiger charge is 2.25.